The van der Waals surface area contributed by atoms with Crippen LogP contribution in [0.5, 0.6) is 0 Å². The molecular formula is C17H26N2O. The number of anilines is 1. The number of rotatable bonds is 4. The highest BCUT2D eigenvalue weighted by Crippen LogP contribution is 2.27. The lowest BCUT2D eigenvalue weighted by Gasteiger charge is -2.43. The second kappa shape index (κ2) is 6.15. The molecule has 0 spiro atoms. The molecule has 2 aliphatic rings. The molecule has 1 aliphatic carbocycles. The lowest BCUT2D eigenvalue weighted by molar-refractivity contribution is 0.120. The quantitative estimate of drug-likeness (QED) is 0.914. The first-order chi connectivity index (χ1) is 9.78. The number of benzene rings is 1. The number of aliphatic hydroxyl groups excluding tert-OH is 1. The minimum Gasteiger partial charge on any atom is -0.388 e. The van der Waals surface area contributed by atoms with Crippen LogP contribution < -0.4 is 4.90 Å². The van der Waals surface area contributed by atoms with Crippen LogP contribution in [-0.4, -0.2) is 42.2 Å². The Morgan fingerprint density at radius 1 is 1.20 bits per heavy atom. The van der Waals surface area contributed by atoms with Crippen molar-refractivity contribution >= 4 is 5.69 Å². The first-order valence-electron chi connectivity index (χ1n) is 8.05. The van der Waals surface area contributed by atoms with Crippen LogP contribution in [0, 0.1) is 0 Å². The van der Waals surface area contributed by atoms with Crippen LogP contribution >= 0.6 is 0 Å². The molecule has 110 valence electrons. The van der Waals surface area contributed by atoms with E-state index in [2.05, 4.69) is 28.0 Å². The molecular weight excluding hydrogens is 248 g/mol. The van der Waals surface area contributed by atoms with Gasteiger partial charge in [0.2, 0.25) is 0 Å². The zero-order chi connectivity index (χ0) is 13.9. The van der Waals surface area contributed by atoms with E-state index in [-0.39, 0.29) is 6.10 Å². The van der Waals surface area contributed by atoms with Gasteiger partial charge in [-0.2, -0.15) is 0 Å². The molecule has 0 bridgehead atoms. The topological polar surface area (TPSA) is 26.7 Å². The number of nitrogens with zero attached hydrogens (tertiary/aromatic N) is 2. The van der Waals surface area contributed by atoms with E-state index in [1.165, 1.54) is 38.0 Å². The molecule has 3 heteroatoms. The number of aliphatic hydroxyl groups is 1. The summed E-state index contributed by atoms with van der Waals surface area (Å²) in [4.78, 5) is 5.12. The third-order valence-corrected chi connectivity index (χ3v) is 4.91. The van der Waals surface area contributed by atoms with Crippen LogP contribution in [0.15, 0.2) is 24.3 Å². The van der Waals surface area contributed by atoms with E-state index in [0.29, 0.717) is 0 Å². The van der Waals surface area contributed by atoms with E-state index in [4.69, 9.17) is 0 Å². The largest absolute Gasteiger partial charge is 0.388 e. The maximum Gasteiger partial charge on any atom is 0.0788 e. The molecule has 1 atom stereocenters. The molecule has 2 fully saturated rings. The van der Waals surface area contributed by atoms with Gasteiger partial charge in [-0.05, 0) is 37.0 Å². The zero-order valence-electron chi connectivity index (χ0n) is 12.5. The van der Waals surface area contributed by atoms with Gasteiger partial charge in [0.25, 0.3) is 0 Å². The summed E-state index contributed by atoms with van der Waals surface area (Å²) in [5, 5.41) is 9.98. The molecule has 1 N–H and O–H groups in total. The van der Waals surface area contributed by atoms with Crippen molar-refractivity contribution in [2.24, 2.45) is 0 Å². The molecule has 1 unspecified atom stereocenters. The Hall–Kier alpha value is -1.06. The fourth-order valence-electron chi connectivity index (χ4n) is 3.26. The molecule has 1 aliphatic heterocycles. The van der Waals surface area contributed by atoms with Gasteiger partial charge in [0.1, 0.15) is 0 Å². The molecule has 3 rings (SSSR count). The van der Waals surface area contributed by atoms with Gasteiger partial charge >= 0.3 is 0 Å². The van der Waals surface area contributed by atoms with Crippen LogP contribution in [0.4, 0.5) is 5.69 Å². The molecule has 1 heterocycles. The Morgan fingerprint density at radius 3 is 2.55 bits per heavy atom. The third-order valence-electron chi connectivity index (χ3n) is 4.91. The highest BCUT2D eigenvalue weighted by Gasteiger charge is 2.27. The van der Waals surface area contributed by atoms with E-state index in [1.54, 1.807) is 0 Å². The molecule has 1 saturated carbocycles. The summed E-state index contributed by atoms with van der Waals surface area (Å²) in [6.45, 7) is 6.62. The van der Waals surface area contributed by atoms with E-state index in [9.17, 15) is 5.11 Å². The highest BCUT2D eigenvalue weighted by molar-refractivity contribution is 5.49. The summed E-state index contributed by atoms with van der Waals surface area (Å²) in [7, 11) is 0. The second-order valence-corrected chi connectivity index (χ2v) is 6.13. The Morgan fingerprint density at radius 2 is 1.95 bits per heavy atom. The van der Waals surface area contributed by atoms with Gasteiger partial charge in [0.05, 0.1) is 6.10 Å². The maximum absolute atomic E-state index is 9.98. The second-order valence-electron chi connectivity index (χ2n) is 6.13. The van der Waals surface area contributed by atoms with E-state index >= 15 is 0 Å². The number of hydrogen-bond acceptors (Lipinski definition) is 3. The van der Waals surface area contributed by atoms with Crippen molar-refractivity contribution in [3.05, 3.63) is 29.8 Å². The van der Waals surface area contributed by atoms with Crippen LogP contribution in [0.2, 0.25) is 0 Å². The van der Waals surface area contributed by atoms with Crippen molar-refractivity contribution in [3.8, 4) is 0 Å². The lowest BCUT2D eigenvalue weighted by Crippen LogP contribution is -2.52. The van der Waals surface area contributed by atoms with E-state index < -0.39 is 0 Å². The van der Waals surface area contributed by atoms with Gasteiger partial charge in [-0.1, -0.05) is 25.5 Å². The molecule has 0 aromatic heterocycles. The summed E-state index contributed by atoms with van der Waals surface area (Å²) >= 11 is 0. The Labute approximate surface area is 122 Å². The van der Waals surface area contributed by atoms with Gasteiger partial charge in [-0.3, -0.25) is 4.90 Å². The molecule has 0 radical (unpaired) electrons. The summed E-state index contributed by atoms with van der Waals surface area (Å²) in [6, 6.07) is 9.30. The van der Waals surface area contributed by atoms with Crippen molar-refractivity contribution in [1.82, 2.24) is 4.90 Å². The van der Waals surface area contributed by atoms with Crippen molar-refractivity contribution < 1.29 is 5.11 Å². The third kappa shape index (κ3) is 2.84. The maximum atomic E-state index is 9.98. The SMILES string of the molecule is CCC(O)c1cccc(N2CCN(C3CCC3)CC2)c1. The minimum atomic E-state index is -0.328. The summed E-state index contributed by atoms with van der Waals surface area (Å²) in [6.07, 6.45) is 4.67. The summed E-state index contributed by atoms with van der Waals surface area (Å²) < 4.78 is 0. The van der Waals surface area contributed by atoms with Gasteiger partial charge in [0.15, 0.2) is 0 Å². The normalized spacial score (nSPS) is 22.6. The molecule has 1 saturated heterocycles. The standard InChI is InChI=1S/C17H26N2O/c1-2-17(20)14-5-3-8-16(13-14)19-11-9-18(10-12-19)15-6-4-7-15/h3,5,8,13,15,17,20H,2,4,6-7,9-12H2,1H3. The fraction of sp³-hybridized carbons (Fsp3) is 0.647. The van der Waals surface area contributed by atoms with Gasteiger partial charge < -0.3 is 10.0 Å². The average molecular weight is 274 g/mol. The van der Waals surface area contributed by atoms with Crippen LogP contribution in [0.3, 0.4) is 0 Å². The number of piperazine rings is 1. The summed E-state index contributed by atoms with van der Waals surface area (Å²) in [5.74, 6) is 0. The van der Waals surface area contributed by atoms with Gasteiger partial charge in [-0.25, -0.2) is 0 Å². The van der Waals surface area contributed by atoms with Crippen molar-refractivity contribution in [3.63, 3.8) is 0 Å². The average Bonchev–Trinajstić information content (AvgIpc) is 2.45. The van der Waals surface area contributed by atoms with Crippen LogP contribution in [0.1, 0.15) is 44.3 Å². The minimum absolute atomic E-state index is 0.328. The predicted octanol–water partition coefficient (Wildman–Crippen LogP) is 2.80. The molecule has 0 amide bonds. The predicted molar refractivity (Wildman–Crippen MR) is 83.1 cm³/mol. The molecule has 20 heavy (non-hydrogen) atoms. The van der Waals surface area contributed by atoms with Crippen molar-refractivity contribution in [2.45, 2.75) is 44.8 Å². The number of hydrogen-bond donors (Lipinski definition) is 1. The van der Waals surface area contributed by atoms with E-state index in [0.717, 1.165) is 31.1 Å². The highest BCUT2D eigenvalue weighted by atomic mass is 16.3. The Kier molecular flexibility index (Phi) is 4.27. The monoisotopic (exact) mass is 274 g/mol. The van der Waals surface area contributed by atoms with Crippen LogP contribution in [-0.2, 0) is 0 Å². The van der Waals surface area contributed by atoms with Gasteiger partial charge in [-0.15, -0.1) is 0 Å². The van der Waals surface area contributed by atoms with E-state index in [1.807, 2.05) is 13.0 Å². The first kappa shape index (κ1) is 13.9. The van der Waals surface area contributed by atoms with Gasteiger partial charge in [0, 0.05) is 37.9 Å². The Bertz CT molecular complexity index is 436. The Balaban J connectivity index is 1.62. The molecule has 1 aromatic carbocycles. The smallest absolute Gasteiger partial charge is 0.0788 e. The summed E-state index contributed by atoms with van der Waals surface area (Å²) in [5.41, 5.74) is 2.31. The fourth-order valence-corrected chi connectivity index (χ4v) is 3.26. The molecule has 3 nitrogen and oxygen atoms in total. The van der Waals surface area contributed by atoms with Crippen molar-refractivity contribution in [1.29, 1.82) is 0 Å². The van der Waals surface area contributed by atoms with Crippen LogP contribution in [0.25, 0.3) is 0 Å². The lowest BCUT2D eigenvalue weighted by atomic mass is 9.91. The van der Waals surface area contributed by atoms with Crippen molar-refractivity contribution in [2.75, 3.05) is 31.1 Å². The first-order valence-corrected chi connectivity index (χ1v) is 8.05. The molecule has 1 aromatic rings. The zero-order valence-corrected chi connectivity index (χ0v) is 12.5.